The van der Waals surface area contributed by atoms with E-state index in [9.17, 15) is 0 Å². The summed E-state index contributed by atoms with van der Waals surface area (Å²) in [6, 6.07) is 17.5. The summed E-state index contributed by atoms with van der Waals surface area (Å²) in [4.78, 5) is 2.09. The van der Waals surface area contributed by atoms with Crippen LogP contribution >= 0.6 is 0 Å². The SMILES string of the molecule is CN(Cc1nnc(-c2ccccc2)o1)CC1COc2ccccc2O1. The number of hydrogen-bond acceptors (Lipinski definition) is 6. The van der Waals surface area contributed by atoms with Crippen LogP contribution in [0.5, 0.6) is 11.5 Å². The van der Waals surface area contributed by atoms with Crippen LogP contribution in [-0.4, -0.2) is 41.4 Å². The minimum Gasteiger partial charge on any atom is -0.486 e. The zero-order chi connectivity index (χ0) is 17.1. The third kappa shape index (κ3) is 3.64. The van der Waals surface area contributed by atoms with Gasteiger partial charge >= 0.3 is 0 Å². The molecule has 2 heterocycles. The van der Waals surface area contributed by atoms with Crippen molar-refractivity contribution in [1.29, 1.82) is 0 Å². The smallest absolute Gasteiger partial charge is 0.247 e. The van der Waals surface area contributed by atoms with Crippen molar-refractivity contribution in [1.82, 2.24) is 15.1 Å². The average Bonchev–Trinajstić information content (AvgIpc) is 3.10. The molecule has 1 atom stereocenters. The lowest BCUT2D eigenvalue weighted by atomic mass is 10.2. The van der Waals surface area contributed by atoms with Gasteiger partial charge in [0, 0.05) is 12.1 Å². The van der Waals surface area contributed by atoms with Crippen molar-refractivity contribution in [2.45, 2.75) is 12.6 Å². The first-order valence-electron chi connectivity index (χ1n) is 8.23. The molecule has 3 aromatic rings. The van der Waals surface area contributed by atoms with E-state index in [1.807, 2.05) is 61.6 Å². The Bertz CT molecular complexity index is 835. The molecule has 0 amide bonds. The van der Waals surface area contributed by atoms with Crippen LogP contribution in [0.25, 0.3) is 11.5 Å². The Morgan fingerprint density at radius 3 is 2.60 bits per heavy atom. The molecule has 1 aliphatic rings. The van der Waals surface area contributed by atoms with Crippen LogP contribution in [0.1, 0.15) is 5.89 Å². The van der Waals surface area contributed by atoms with E-state index in [2.05, 4.69) is 15.1 Å². The summed E-state index contributed by atoms with van der Waals surface area (Å²) < 4.78 is 17.5. The largest absolute Gasteiger partial charge is 0.486 e. The number of nitrogens with zero attached hydrogens (tertiary/aromatic N) is 3. The fourth-order valence-corrected chi connectivity index (χ4v) is 2.81. The van der Waals surface area contributed by atoms with Gasteiger partial charge in [0.25, 0.3) is 0 Å². The Hall–Kier alpha value is -2.86. The molecule has 1 aliphatic heterocycles. The van der Waals surface area contributed by atoms with Crippen molar-refractivity contribution in [2.75, 3.05) is 20.2 Å². The van der Waals surface area contributed by atoms with Crippen LogP contribution in [0.4, 0.5) is 0 Å². The highest BCUT2D eigenvalue weighted by Gasteiger charge is 2.22. The molecule has 25 heavy (non-hydrogen) atoms. The van der Waals surface area contributed by atoms with Crippen LogP contribution in [0.2, 0.25) is 0 Å². The van der Waals surface area contributed by atoms with Gasteiger partial charge in [0.05, 0.1) is 6.54 Å². The Morgan fingerprint density at radius 2 is 1.76 bits per heavy atom. The van der Waals surface area contributed by atoms with Gasteiger partial charge in [0.1, 0.15) is 12.7 Å². The number of benzene rings is 2. The molecule has 128 valence electrons. The lowest BCUT2D eigenvalue weighted by Crippen LogP contribution is -2.39. The molecule has 0 spiro atoms. The van der Waals surface area contributed by atoms with E-state index in [4.69, 9.17) is 13.9 Å². The molecule has 6 nitrogen and oxygen atoms in total. The summed E-state index contributed by atoms with van der Waals surface area (Å²) in [5.74, 6) is 2.70. The van der Waals surface area contributed by atoms with E-state index < -0.39 is 0 Å². The summed E-state index contributed by atoms with van der Waals surface area (Å²) in [6.07, 6.45) is -0.0311. The van der Waals surface area contributed by atoms with Gasteiger partial charge in [-0.1, -0.05) is 30.3 Å². The maximum Gasteiger partial charge on any atom is 0.247 e. The minimum atomic E-state index is -0.0311. The Labute approximate surface area is 146 Å². The molecule has 1 aromatic heterocycles. The predicted octanol–water partition coefficient (Wildman–Crippen LogP) is 3.01. The standard InChI is InChI=1S/C19H19N3O3/c1-22(11-15-13-23-16-9-5-6-10-17(16)24-15)12-18-20-21-19(25-18)14-7-3-2-4-8-14/h2-10,15H,11-13H2,1H3. The maximum atomic E-state index is 5.98. The molecule has 0 aliphatic carbocycles. The summed E-state index contributed by atoms with van der Waals surface area (Å²) in [5.41, 5.74) is 0.921. The zero-order valence-corrected chi connectivity index (χ0v) is 14.0. The zero-order valence-electron chi connectivity index (χ0n) is 14.0. The first-order chi connectivity index (χ1) is 12.3. The molecule has 0 radical (unpaired) electrons. The fourth-order valence-electron chi connectivity index (χ4n) is 2.81. The topological polar surface area (TPSA) is 60.6 Å². The number of fused-ring (bicyclic) bond motifs is 1. The second kappa shape index (κ2) is 6.94. The average molecular weight is 337 g/mol. The minimum absolute atomic E-state index is 0.0311. The molecule has 0 fully saturated rings. The van der Waals surface area contributed by atoms with Crippen molar-refractivity contribution in [2.24, 2.45) is 0 Å². The number of hydrogen-bond donors (Lipinski definition) is 0. The van der Waals surface area contributed by atoms with Gasteiger partial charge in [0.15, 0.2) is 11.5 Å². The number of ether oxygens (including phenoxy) is 2. The van der Waals surface area contributed by atoms with Crippen LogP contribution in [0, 0.1) is 0 Å². The number of para-hydroxylation sites is 2. The van der Waals surface area contributed by atoms with Gasteiger partial charge in [-0.3, -0.25) is 4.90 Å². The second-order valence-corrected chi connectivity index (χ2v) is 6.06. The first kappa shape index (κ1) is 15.7. The van der Waals surface area contributed by atoms with E-state index in [-0.39, 0.29) is 6.10 Å². The highest BCUT2D eigenvalue weighted by atomic mass is 16.6. The lowest BCUT2D eigenvalue weighted by Gasteiger charge is -2.29. The molecular weight excluding hydrogens is 318 g/mol. The fraction of sp³-hybridized carbons (Fsp3) is 0.263. The number of rotatable bonds is 5. The maximum absolute atomic E-state index is 5.98. The predicted molar refractivity (Wildman–Crippen MR) is 92.4 cm³/mol. The quantitative estimate of drug-likeness (QED) is 0.713. The van der Waals surface area contributed by atoms with Gasteiger partial charge in [-0.15, -0.1) is 10.2 Å². The van der Waals surface area contributed by atoms with E-state index in [0.29, 0.717) is 31.5 Å². The summed E-state index contributed by atoms with van der Waals surface area (Å²) in [6.45, 7) is 1.79. The van der Waals surface area contributed by atoms with Gasteiger partial charge in [-0.25, -0.2) is 0 Å². The molecule has 0 bridgehead atoms. The van der Waals surface area contributed by atoms with Crippen LogP contribution in [0.3, 0.4) is 0 Å². The van der Waals surface area contributed by atoms with E-state index in [1.165, 1.54) is 0 Å². The van der Waals surface area contributed by atoms with Crippen LogP contribution in [0.15, 0.2) is 59.0 Å². The summed E-state index contributed by atoms with van der Waals surface area (Å²) >= 11 is 0. The second-order valence-electron chi connectivity index (χ2n) is 6.06. The van der Waals surface area contributed by atoms with Crippen LogP contribution < -0.4 is 9.47 Å². The highest BCUT2D eigenvalue weighted by molar-refractivity contribution is 5.51. The van der Waals surface area contributed by atoms with E-state index in [0.717, 1.165) is 17.1 Å². The Kier molecular flexibility index (Phi) is 4.35. The van der Waals surface area contributed by atoms with Gasteiger partial charge in [-0.2, -0.15) is 0 Å². The Balaban J connectivity index is 1.35. The summed E-state index contributed by atoms with van der Waals surface area (Å²) in [7, 11) is 2.00. The molecule has 0 saturated carbocycles. The van der Waals surface area contributed by atoms with Crippen molar-refractivity contribution >= 4 is 0 Å². The van der Waals surface area contributed by atoms with Crippen molar-refractivity contribution in [3.8, 4) is 23.0 Å². The molecule has 2 aromatic carbocycles. The van der Waals surface area contributed by atoms with Crippen molar-refractivity contribution in [3.05, 3.63) is 60.5 Å². The molecule has 0 saturated heterocycles. The third-order valence-electron chi connectivity index (χ3n) is 3.98. The van der Waals surface area contributed by atoms with Gasteiger partial charge in [-0.05, 0) is 31.3 Å². The lowest BCUT2D eigenvalue weighted by molar-refractivity contribution is 0.0619. The third-order valence-corrected chi connectivity index (χ3v) is 3.98. The molecule has 4 rings (SSSR count). The molecule has 1 unspecified atom stereocenters. The van der Waals surface area contributed by atoms with Gasteiger partial charge in [0.2, 0.25) is 11.8 Å². The monoisotopic (exact) mass is 337 g/mol. The van der Waals surface area contributed by atoms with Crippen molar-refractivity contribution in [3.63, 3.8) is 0 Å². The number of likely N-dealkylation sites (N-methyl/N-ethyl adjacent to an activating group) is 1. The Morgan fingerprint density at radius 1 is 1.00 bits per heavy atom. The van der Waals surface area contributed by atoms with Crippen LogP contribution in [-0.2, 0) is 6.54 Å². The highest BCUT2D eigenvalue weighted by Crippen LogP contribution is 2.31. The van der Waals surface area contributed by atoms with Gasteiger partial charge < -0.3 is 13.9 Å². The van der Waals surface area contributed by atoms with E-state index >= 15 is 0 Å². The first-order valence-corrected chi connectivity index (χ1v) is 8.23. The molecule has 0 N–H and O–H groups in total. The normalized spacial score (nSPS) is 16.2. The number of aromatic nitrogens is 2. The molecule has 6 heteroatoms. The van der Waals surface area contributed by atoms with Crippen molar-refractivity contribution < 1.29 is 13.9 Å². The van der Waals surface area contributed by atoms with E-state index in [1.54, 1.807) is 0 Å². The summed E-state index contributed by atoms with van der Waals surface area (Å²) in [5, 5.41) is 8.25. The molecular formula is C19H19N3O3.